The van der Waals surface area contributed by atoms with Crippen LogP contribution in [-0.4, -0.2) is 43.0 Å². The van der Waals surface area contributed by atoms with Crippen molar-refractivity contribution in [1.29, 1.82) is 0 Å². The second-order valence-electron chi connectivity index (χ2n) is 5.45. The molecule has 0 spiro atoms. The van der Waals surface area contributed by atoms with Crippen molar-refractivity contribution in [1.82, 2.24) is 4.98 Å². The molecule has 8 nitrogen and oxygen atoms in total. The molecule has 1 aromatic heterocycles. The summed E-state index contributed by atoms with van der Waals surface area (Å²) in [7, 11) is 1.68. The van der Waals surface area contributed by atoms with Gasteiger partial charge in [0, 0.05) is 31.0 Å². The van der Waals surface area contributed by atoms with Crippen LogP contribution in [0.25, 0.3) is 0 Å². The van der Waals surface area contributed by atoms with Crippen LogP contribution in [0, 0.1) is 10.1 Å². The molecule has 132 valence electrons. The van der Waals surface area contributed by atoms with Crippen LogP contribution >= 0.6 is 0 Å². The molecule has 3 rings (SSSR count). The summed E-state index contributed by atoms with van der Waals surface area (Å²) in [6, 6.07) is 9.90. The molecule has 0 amide bonds. The SMILES string of the molecule is CNc1ccc([N+](=O)[O-])c(Nc2ccc(N3CCOCC3F)cc2)n1. The van der Waals surface area contributed by atoms with Gasteiger partial charge in [0.1, 0.15) is 5.82 Å². The Morgan fingerprint density at radius 2 is 2.08 bits per heavy atom. The van der Waals surface area contributed by atoms with Crippen molar-refractivity contribution >= 4 is 28.7 Å². The van der Waals surface area contributed by atoms with E-state index < -0.39 is 11.2 Å². The van der Waals surface area contributed by atoms with Gasteiger partial charge in [0.05, 0.1) is 18.1 Å². The monoisotopic (exact) mass is 347 g/mol. The van der Waals surface area contributed by atoms with Gasteiger partial charge in [-0.2, -0.15) is 0 Å². The van der Waals surface area contributed by atoms with Gasteiger partial charge in [-0.3, -0.25) is 10.1 Å². The largest absolute Gasteiger partial charge is 0.375 e. The van der Waals surface area contributed by atoms with E-state index in [-0.39, 0.29) is 18.1 Å². The number of nitrogens with zero attached hydrogens (tertiary/aromatic N) is 3. The Kier molecular flexibility index (Phi) is 4.94. The average Bonchev–Trinajstić information content (AvgIpc) is 2.62. The number of nitrogens with one attached hydrogen (secondary N) is 2. The summed E-state index contributed by atoms with van der Waals surface area (Å²) in [6.45, 7) is 1.01. The van der Waals surface area contributed by atoms with Gasteiger partial charge >= 0.3 is 5.69 Å². The van der Waals surface area contributed by atoms with Crippen LogP contribution in [0.5, 0.6) is 0 Å². The average molecular weight is 347 g/mol. The Morgan fingerprint density at radius 1 is 1.32 bits per heavy atom. The predicted molar refractivity (Wildman–Crippen MR) is 93.2 cm³/mol. The Hall–Kier alpha value is -2.94. The van der Waals surface area contributed by atoms with Crippen LogP contribution in [0.1, 0.15) is 0 Å². The van der Waals surface area contributed by atoms with E-state index in [9.17, 15) is 14.5 Å². The minimum Gasteiger partial charge on any atom is -0.375 e. The number of aromatic nitrogens is 1. The minimum absolute atomic E-state index is 0.0485. The number of nitro groups is 1. The molecule has 1 aliphatic rings. The molecule has 0 bridgehead atoms. The second kappa shape index (κ2) is 7.31. The van der Waals surface area contributed by atoms with Gasteiger partial charge in [-0.25, -0.2) is 9.37 Å². The van der Waals surface area contributed by atoms with Crippen LogP contribution in [0.4, 0.5) is 33.1 Å². The summed E-state index contributed by atoms with van der Waals surface area (Å²) in [5.41, 5.74) is 1.23. The number of alkyl halides is 1. The standard InChI is InChI=1S/C16H18FN5O3/c1-18-15-7-6-13(22(23)24)16(20-15)19-11-2-4-12(5-3-11)21-8-9-25-10-14(21)17/h2-7,14H,8-10H2,1H3,(H2,18,19,20). The van der Waals surface area contributed by atoms with E-state index >= 15 is 0 Å². The highest BCUT2D eigenvalue weighted by Gasteiger charge is 2.22. The Morgan fingerprint density at radius 3 is 2.72 bits per heavy atom. The van der Waals surface area contributed by atoms with Crippen LogP contribution in [0.15, 0.2) is 36.4 Å². The van der Waals surface area contributed by atoms with E-state index in [1.807, 2.05) is 0 Å². The van der Waals surface area contributed by atoms with Crippen molar-refractivity contribution < 1.29 is 14.1 Å². The zero-order chi connectivity index (χ0) is 17.8. The van der Waals surface area contributed by atoms with Gasteiger partial charge in [0.2, 0.25) is 5.82 Å². The second-order valence-corrected chi connectivity index (χ2v) is 5.45. The molecule has 1 unspecified atom stereocenters. The van der Waals surface area contributed by atoms with Crippen molar-refractivity contribution in [2.24, 2.45) is 0 Å². The third-order valence-corrected chi connectivity index (χ3v) is 3.86. The Balaban J connectivity index is 1.80. The molecule has 0 radical (unpaired) electrons. The highest BCUT2D eigenvalue weighted by Crippen LogP contribution is 2.29. The summed E-state index contributed by atoms with van der Waals surface area (Å²) in [6.07, 6.45) is -1.18. The van der Waals surface area contributed by atoms with Gasteiger partial charge in [-0.05, 0) is 30.3 Å². The molecule has 1 fully saturated rings. The van der Waals surface area contributed by atoms with Gasteiger partial charge in [-0.1, -0.05) is 0 Å². The van der Waals surface area contributed by atoms with E-state index in [1.165, 1.54) is 12.1 Å². The number of hydrogen-bond acceptors (Lipinski definition) is 7. The summed E-state index contributed by atoms with van der Waals surface area (Å²) in [5.74, 6) is 0.651. The maximum absolute atomic E-state index is 13.9. The van der Waals surface area contributed by atoms with Crippen molar-refractivity contribution in [3.8, 4) is 0 Å². The summed E-state index contributed by atoms with van der Waals surface area (Å²) >= 11 is 0. The maximum Gasteiger partial charge on any atom is 0.311 e. The number of halogens is 1. The molecule has 2 heterocycles. The normalized spacial score (nSPS) is 17.2. The van der Waals surface area contributed by atoms with Crippen molar-refractivity contribution in [3.05, 3.63) is 46.5 Å². The lowest BCUT2D eigenvalue weighted by molar-refractivity contribution is -0.384. The molecule has 1 aromatic carbocycles. The number of rotatable bonds is 5. The molecule has 0 saturated carbocycles. The van der Waals surface area contributed by atoms with Crippen LogP contribution in [-0.2, 0) is 4.74 Å². The quantitative estimate of drug-likeness (QED) is 0.488. The third-order valence-electron chi connectivity index (χ3n) is 3.86. The highest BCUT2D eigenvalue weighted by atomic mass is 19.1. The first kappa shape index (κ1) is 16.9. The molecule has 1 atom stereocenters. The highest BCUT2D eigenvalue weighted by molar-refractivity contribution is 5.69. The smallest absolute Gasteiger partial charge is 0.311 e. The van der Waals surface area contributed by atoms with E-state index in [2.05, 4.69) is 15.6 Å². The number of morpholine rings is 1. The Labute approximate surface area is 143 Å². The predicted octanol–water partition coefficient (Wildman–Crippen LogP) is 2.91. The maximum atomic E-state index is 13.9. The lowest BCUT2D eigenvalue weighted by Crippen LogP contribution is -2.42. The molecule has 2 aromatic rings. The summed E-state index contributed by atoms with van der Waals surface area (Å²) in [4.78, 5) is 16.5. The van der Waals surface area contributed by atoms with Gasteiger partial charge in [0.25, 0.3) is 0 Å². The molecule has 1 aliphatic heterocycles. The van der Waals surface area contributed by atoms with Crippen molar-refractivity contribution in [2.75, 3.05) is 42.3 Å². The fourth-order valence-corrected chi connectivity index (χ4v) is 2.57. The van der Waals surface area contributed by atoms with Gasteiger partial charge < -0.3 is 20.3 Å². The van der Waals surface area contributed by atoms with Crippen LogP contribution in [0.3, 0.4) is 0 Å². The fraction of sp³-hybridized carbons (Fsp3) is 0.312. The first-order valence-corrected chi connectivity index (χ1v) is 7.77. The Bertz CT molecular complexity index is 756. The van der Waals surface area contributed by atoms with E-state index in [0.29, 0.717) is 24.7 Å². The molecular weight excluding hydrogens is 329 g/mol. The van der Waals surface area contributed by atoms with E-state index in [4.69, 9.17) is 4.74 Å². The zero-order valence-corrected chi connectivity index (χ0v) is 13.6. The van der Waals surface area contributed by atoms with Crippen molar-refractivity contribution in [3.63, 3.8) is 0 Å². The van der Waals surface area contributed by atoms with Gasteiger partial charge in [0.15, 0.2) is 6.30 Å². The minimum atomic E-state index is -1.18. The zero-order valence-electron chi connectivity index (χ0n) is 13.6. The number of benzene rings is 1. The number of pyridine rings is 1. The van der Waals surface area contributed by atoms with E-state index in [1.54, 1.807) is 36.2 Å². The molecule has 9 heteroatoms. The van der Waals surface area contributed by atoms with Gasteiger partial charge in [-0.15, -0.1) is 0 Å². The lowest BCUT2D eigenvalue weighted by Gasteiger charge is -2.32. The molecule has 2 N–H and O–H groups in total. The van der Waals surface area contributed by atoms with Crippen LogP contribution in [0.2, 0.25) is 0 Å². The number of anilines is 4. The van der Waals surface area contributed by atoms with E-state index in [0.717, 1.165) is 5.69 Å². The van der Waals surface area contributed by atoms with Crippen LogP contribution < -0.4 is 15.5 Å². The third kappa shape index (κ3) is 3.77. The molecule has 1 saturated heterocycles. The molecule has 25 heavy (non-hydrogen) atoms. The summed E-state index contributed by atoms with van der Waals surface area (Å²) < 4.78 is 19.0. The first-order chi connectivity index (χ1) is 12.1. The number of hydrogen-bond donors (Lipinski definition) is 2. The fourth-order valence-electron chi connectivity index (χ4n) is 2.57. The summed E-state index contributed by atoms with van der Waals surface area (Å²) in [5, 5.41) is 16.9. The number of ether oxygens (including phenoxy) is 1. The van der Waals surface area contributed by atoms with Crippen molar-refractivity contribution in [2.45, 2.75) is 6.30 Å². The topological polar surface area (TPSA) is 92.6 Å². The lowest BCUT2D eigenvalue weighted by atomic mass is 10.2. The molecule has 0 aliphatic carbocycles. The molecular formula is C16H18FN5O3. The first-order valence-electron chi connectivity index (χ1n) is 7.77.